The Morgan fingerprint density at radius 3 is 2.86 bits per heavy atom. The van der Waals surface area contributed by atoms with Gasteiger partial charge in [0.2, 0.25) is 0 Å². The third-order valence-corrected chi connectivity index (χ3v) is 5.20. The van der Waals surface area contributed by atoms with E-state index in [1.807, 2.05) is 0 Å². The number of rotatable bonds is 1. The number of aromatic nitrogens is 2. The Balaban J connectivity index is 1.94. The summed E-state index contributed by atoms with van der Waals surface area (Å²) in [5, 5.41) is 2.81. The van der Waals surface area contributed by atoms with E-state index in [4.69, 9.17) is 0 Å². The van der Waals surface area contributed by atoms with Crippen molar-refractivity contribution in [3.8, 4) is 11.1 Å². The van der Waals surface area contributed by atoms with Crippen LogP contribution in [0.4, 0.5) is 0 Å². The van der Waals surface area contributed by atoms with Gasteiger partial charge in [-0.3, -0.25) is 4.79 Å². The number of hydrogen-bond donors (Lipinski definition) is 0. The minimum Gasteiger partial charge on any atom is -0.302 e. The van der Waals surface area contributed by atoms with Crippen molar-refractivity contribution in [2.75, 3.05) is 0 Å². The molecule has 3 aromatic rings. The predicted molar refractivity (Wildman–Crippen MR) is 86.9 cm³/mol. The summed E-state index contributed by atoms with van der Waals surface area (Å²) in [7, 11) is 1.75. The molecule has 0 N–H and O–H groups in total. The molecule has 2 heterocycles. The Hall–Kier alpha value is -1.94. The second kappa shape index (κ2) is 4.81. The number of hydrogen-bond acceptors (Lipinski definition) is 3. The minimum atomic E-state index is 0.0361. The van der Waals surface area contributed by atoms with E-state index in [2.05, 4.69) is 28.6 Å². The second-order valence-corrected chi connectivity index (χ2v) is 6.54. The summed E-state index contributed by atoms with van der Waals surface area (Å²) >= 11 is 1.54. The Labute approximate surface area is 126 Å². The van der Waals surface area contributed by atoms with Gasteiger partial charge in [0, 0.05) is 18.0 Å². The maximum atomic E-state index is 12.4. The predicted octanol–water partition coefficient (Wildman–Crippen LogP) is 3.54. The van der Waals surface area contributed by atoms with Crippen LogP contribution >= 0.6 is 11.3 Å². The molecule has 0 unspecified atom stereocenters. The molecule has 1 aromatic carbocycles. The summed E-state index contributed by atoms with van der Waals surface area (Å²) < 4.78 is 1.55. The lowest BCUT2D eigenvalue weighted by molar-refractivity contribution is 0.686. The molecule has 4 heteroatoms. The van der Waals surface area contributed by atoms with Gasteiger partial charge < -0.3 is 4.57 Å². The maximum Gasteiger partial charge on any atom is 0.262 e. The molecule has 0 amide bonds. The molecule has 1 aliphatic rings. The highest BCUT2D eigenvalue weighted by atomic mass is 32.1. The lowest BCUT2D eigenvalue weighted by atomic mass is 9.89. The zero-order chi connectivity index (χ0) is 14.4. The highest BCUT2D eigenvalue weighted by Gasteiger charge is 2.15. The van der Waals surface area contributed by atoms with E-state index in [0.717, 1.165) is 27.8 Å². The molecular formula is C17H16N2OS. The van der Waals surface area contributed by atoms with Crippen LogP contribution in [0.25, 0.3) is 21.3 Å². The van der Waals surface area contributed by atoms with E-state index < -0.39 is 0 Å². The molecule has 2 aromatic heterocycles. The summed E-state index contributed by atoms with van der Waals surface area (Å²) in [4.78, 5) is 17.6. The highest BCUT2D eigenvalue weighted by Crippen LogP contribution is 2.33. The molecule has 0 saturated heterocycles. The lowest BCUT2D eigenvalue weighted by Gasteiger charge is -2.16. The molecule has 0 radical (unpaired) electrons. The van der Waals surface area contributed by atoms with E-state index in [1.54, 1.807) is 29.3 Å². The molecule has 0 aliphatic heterocycles. The van der Waals surface area contributed by atoms with Crippen LogP contribution < -0.4 is 5.56 Å². The summed E-state index contributed by atoms with van der Waals surface area (Å²) in [5.74, 6) is 0. The van der Waals surface area contributed by atoms with Gasteiger partial charge in [-0.2, -0.15) is 0 Å². The first-order valence-electron chi connectivity index (χ1n) is 7.29. The van der Waals surface area contributed by atoms with Crippen molar-refractivity contribution in [2.45, 2.75) is 25.7 Å². The van der Waals surface area contributed by atoms with Gasteiger partial charge in [-0.05, 0) is 42.4 Å². The van der Waals surface area contributed by atoms with Crippen molar-refractivity contribution < 1.29 is 0 Å². The summed E-state index contributed by atoms with van der Waals surface area (Å²) in [5.41, 5.74) is 5.12. The largest absolute Gasteiger partial charge is 0.302 e. The topological polar surface area (TPSA) is 34.9 Å². The van der Waals surface area contributed by atoms with Crippen LogP contribution in [0.5, 0.6) is 0 Å². The van der Waals surface area contributed by atoms with Crippen LogP contribution in [0.1, 0.15) is 24.0 Å². The number of aryl methyl sites for hydroxylation is 3. The smallest absolute Gasteiger partial charge is 0.262 e. The first-order valence-corrected chi connectivity index (χ1v) is 8.17. The van der Waals surface area contributed by atoms with Gasteiger partial charge in [-0.25, -0.2) is 4.98 Å². The average molecular weight is 296 g/mol. The molecule has 0 atom stereocenters. The molecule has 0 bridgehead atoms. The molecule has 4 rings (SSSR count). The average Bonchev–Trinajstić information content (AvgIpc) is 2.95. The van der Waals surface area contributed by atoms with Crippen molar-refractivity contribution in [1.29, 1.82) is 0 Å². The van der Waals surface area contributed by atoms with Crippen LogP contribution in [0.15, 0.2) is 34.7 Å². The minimum absolute atomic E-state index is 0.0361. The van der Waals surface area contributed by atoms with E-state index in [0.29, 0.717) is 0 Å². The molecule has 106 valence electrons. The summed E-state index contributed by atoms with van der Waals surface area (Å²) in [6.07, 6.45) is 6.49. The number of nitrogens with zero attached hydrogens (tertiary/aromatic N) is 2. The first kappa shape index (κ1) is 12.8. The van der Waals surface area contributed by atoms with Gasteiger partial charge in [0.05, 0.1) is 11.7 Å². The zero-order valence-corrected chi connectivity index (χ0v) is 12.7. The van der Waals surface area contributed by atoms with Crippen molar-refractivity contribution in [3.05, 3.63) is 51.4 Å². The first-order chi connectivity index (χ1) is 10.2. The van der Waals surface area contributed by atoms with Crippen molar-refractivity contribution in [1.82, 2.24) is 9.55 Å². The van der Waals surface area contributed by atoms with Gasteiger partial charge >= 0.3 is 0 Å². The molecule has 1 aliphatic carbocycles. The number of fused-ring (bicyclic) bond motifs is 2. The fraction of sp³-hybridized carbons (Fsp3) is 0.294. The van der Waals surface area contributed by atoms with Gasteiger partial charge in [-0.15, -0.1) is 11.3 Å². The summed E-state index contributed by atoms with van der Waals surface area (Å²) in [6, 6.07) is 6.65. The monoisotopic (exact) mass is 296 g/mol. The van der Waals surface area contributed by atoms with E-state index in [9.17, 15) is 4.79 Å². The van der Waals surface area contributed by atoms with Crippen LogP contribution in [-0.2, 0) is 19.9 Å². The fourth-order valence-electron chi connectivity index (χ4n) is 3.13. The molecular weight excluding hydrogens is 280 g/mol. The van der Waals surface area contributed by atoms with Crippen LogP contribution in [-0.4, -0.2) is 9.55 Å². The van der Waals surface area contributed by atoms with Gasteiger partial charge in [0.1, 0.15) is 4.83 Å². The second-order valence-electron chi connectivity index (χ2n) is 5.68. The Morgan fingerprint density at radius 1 is 1.19 bits per heavy atom. The maximum absolute atomic E-state index is 12.4. The lowest BCUT2D eigenvalue weighted by Crippen LogP contribution is -2.16. The van der Waals surface area contributed by atoms with Crippen LogP contribution in [0, 0.1) is 0 Å². The normalized spacial score (nSPS) is 14.3. The molecule has 3 nitrogen and oxygen atoms in total. The Bertz CT molecular complexity index is 891. The SMILES string of the molecule is Cn1cnc2scc(-c3ccc4c(c3)CCCC4)c2c1=O. The fourth-order valence-corrected chi connectivity index (χ4v) is 4.04. The third kappa shape index (κ3) is 2.02. The molecule has 0 saturated carbocycles. The van der Waals surface area contributed by atoms with Gasteiger partial charge in [0.15, 0.2) is 0 Å². The van der Waals surface area contributed by atoms with Crippen LogP contribution in [0.2, 0.25) is 0 Å². The van der Waals surface area contributed by atoms with Crippen molar-refractivity contribution in [3.63, 3.8) is 0 Å². The van der Waals surface area contributed by atoms with Gasteiger partial charge in [0.25, 0.3) is 5.56 Å². The molecule has 0 spiro atoms. The standard InChI is InChI=1S/C17H16N2OS/c1-19-10-18-16-15(17(19)20)14(9-21-16)13-7-6-11-4-2-3-5-12(11)8-13/h6-10H,2-5H2,1H3. The number of thiophene rings is 1. The molecule has 0 fully saturated rings. The van der Waals surface area contributed by atoms with E-state index in [-0.39, 0.29) is 5.56 Å². The highest BCUT2D eigenvalue weighted by molar-refractivity contribution is 7.17. The quantitative estimate of drug-likeness (QED) is 0.688. The van der Waals surface area contributed by atoms with Crippen molar-refractivity contribution >= 4 is 21.6 Å². The number of benzene rings is 1. The van der Waals surface area contributed by atoms with Crippen molar-refractivity contribution in [2.24, 2.45) is 7.05 Å². The van der Waals surface area contributed by atoms with E-state index in [1.165, 1.54) is 30.4 Å². The summed E-state index contributed by atoms with van der Waals surface area (Å²) in [6.45, 7) is 0. The third-order valence-electron chi connectivity index (χ3n) is 4.31. The van der Waals surface area contributed by atoms with Crippen LogP contribution in [0.3, 0.4) is 0 Å². The molecule has 21 heavy (non-hydrogen) atoms. The Morgan fingerprint density at radius 2 is 2.00 bits per heavy atom. The zero-order valence-electron chi connectivity index (χ0n) is 11.9. The van der Waals surface area contributed by atoms with Gasteiger partial charge in [-0.1, -0.05) is 18.2 Å². The van der Waals surface area contributed by atoms with E-state index >= 15 is 0 Å². The Kier molecular flexibility index (Phi) is 2.93.